The van der Waals surface area contributed by atoms with Crippen LogP contribution in [0.25, 0.3) is 0 Å². The third-order valence-electron chi connectivity index (χ3n) is 1.66. The van der Waals surface area contributed by atoms with Gasteiger partial charge < -0.3 is 5.32 Å². The van der Waals surface area contributed by atoms with Crippen molar-refractivity contribution in [3.63, 3.8) is 0 Å². The number of benzene rings is 1. The molecule has 0 radical (unpaired) electrons. The van der Waals surface area contributed by atoms with E-state index in [4.69, 9.17) is 0 Å². The number of para-hydroxylation sites is 1. The highest BCUT2D eigenvalue weighted by Crippen LogP contribution is 2.24. The predicted molar refractivity (Wildman–Crippen MR) is 43.6 cm³/mol. The molecule has 0 fully saturated rings. The molecule has 0 saturated heterocycles. The van der Waals surface area contributed by atoms with Crippen molar-refractivity contribution in [2.24, 2.45) is 0 Å². The van der Waals surface area contributed by atoms with E-state index in [1.54, 1.807) is 0 Å². The van der Waals surface area contributed by atoms with E-state index in [2.05, 4.69) is 29.6 Å². The normalized spacial score (nSPS) is 16.4. The second-order valence-corrected chi connectivity index (χ2v) is 3.52. The fourth-order valence-electron chi connectivity index (χ4n) is 1.16. The van der Waals surface area contributed by atoms with Crippen LogP contribution in [0.1, 0.15) is 0 Å². The lowest BCUT2D eigenvalue weighted by atomic mass is 10.3. The fourth-order valence-corrected chi connectivity index (χ4v) is 2.11. The summed E-state index contributed by atoms with van der Waals surface area (Å²) >= 11 is 1.96. The summed E-state index contributed by atoms with van der Waals surface area (Å²) in [6.45, 7) is 1.22. The molecule has 1 heterocycles. The summed E-state index contributed by atoms with van der Waals surface area (Å²) in [7, 11) is 0. The lowest BCUT2D eigenvalue weighted by molar-refractivity contribution is -0.570. The third-order valence-corrected chi connectivity index (χ3v) is 2.78. The summed E-state index contributed by atoms with van der Waals surface area (Å²) in [5.74, 6) is 1.25. The van der Waals surface area contributed by atoms with Crippen molar-refractivity contribution in [2.45, 2.75) is 4.90 Å². The van der Waals surface area contributed by atoms with Gasteiger partial charge >= 0.3 is 0 Å². The molecule has 0 amide bonds. The number of hydrogen-bond acceptors (Lipinski definition) is 1. The van der Waals surface area contributed by atoms with Crippen LogP contribution >= 0.6 is 11.8 Å². The molecule has 2 N–H and O–H groups in total. The van der Waals surface area contributed by atoms with E-state index in [0.29, 0.717) is 0 Å². The van der Waals surface area contributed by atoms with Gasteiger partial charge in [-0.05, 0) is 6.07 Å². The molecule has 2 heteroatoms. The van der Waals surface area contributed by atoms with Gasteiger partial charge in [0.25, 0.3) is 0 Å². The van der Waals surface area contributed by atoms with Gasteiger partial charge in [0.2, 0.25) is 0 Å². The average molecular weight is 152 g/mol. The number of nitrogens with two attached hydrogens (primary N) is 1. The van der Waals surface area contributed by atoms with E-state index in [-0.39, 0.29) is 0 Å². The molecule has 1 aliphatic rings. The van der Waals surface area contributed by atoms with E-state index in [0.717, 1.165) is 0 Å². The summed E-state index contributed by atoms with van der Waals surface area (Å²) in [6, 6.07) is 8.57. The van der Waals surface area contributed by atoms with Gasteiger partial charge in [-0.3, -0.25) is 0 Å². The molecule has 0 bridgehead atoms. The first-order valence-corrected chi connectivity index (χ1v) is 4.50. The van der Waals surface area contributed by atoms with Crippen LogP contribution in [0.5, 0.6) is 0 Å². The molecule has 1 aliphatic heterocycles. The molecule has 2 rings (SSSR count). The topological polar surface area (TPSA) is 16.6 Å². The van der Waals surface area contributed by atoms with Gasteiger partial charge in [0, 0.05) is 11.8 Å². The quantitative estimate of drug-likeness (QED) is 0.548. The van der Waals surface area contributed by atoms with Crippen LogP contribution in [-0.2, 0) is 0 Å². The zero-order valence-corrected chi connectivity index (χ0v) is 6.53. The lowest BCUT2D eigenvalue weighted by Crippen LogP contribution is -2.80. The second-order valence-electron chi connectivity index (χ2n) is 2.38. The highest BCUT2D eigenvalue weighted by molar-refractivity contribution is 7.99. The minimum absolute atomic E-state index is 1.22. The predicted octanol–water partition coefficient (Wildman–Crippen LogP) is 0.987. The zero-order valence-electron chi connectivity index (χ0n) is 5.71. The Kier molecular flexibility index (Phi) is 1.65. The molecular weight excluding hydrogens is 142 g/mol. The molecule has 0 saturated carbocycles. The van der Waals surface area contributed by atoms with Crippen LogP contribution in [0, 0.1) is 0 Å². The number of thioether (sulfide) groups is 1. The van der Waals surface area contributed by atoms with Crippen LogP contribution in [0.3, 0.4) is 0 Å². The number of hydrogen-bond donors (Lipinski definition) is 1. The third kappa shape index (κ3) is 1.04. The Morgan fingerprint density at radius 3 is 3.10 bits per heavy atom. The summed E-state index contributed by atoms with van der Waals surface area (Å²) in [4.78, 5) is 1.44. The number of quaternary nitrogens is 1. The molecule has 0 aromatic heterocycles. The molecule has 1 nitrogen and oxygen atoms in total. The minimum Gasteiger partial charge on any atom is -0.312 e. The fraction of sp³-hybridized carbons (Fsp3) is 0.250. The van der Waals surface area contributed by atoms with E-state index >= 15 is 0 Å². The SMILES string of the molecule is c1ccc2c(c1)[NH2+]CCS2. The molecule has 0 aliphatic carbocycles. The van der Waals surface area contributed by atoms with E-state index in [9.17, 15) is 0 Å². The van der Waals surface area contributed by atoms with Crippen LogP contribution in [0.15, 0.2) is 29.2 Å². The smallest absolute Gasteiger partial charge is 0.143 e. The monoisotopic (exact) mass is 152 g/mol. The molecule has 52 valence electrons. The Morgan fingerprint density at radius 2 is 2.20 bits per heavy atom. The van der Waals surface area contributed by atoms with Crippen LogP contribution < -0.4 is 5.32 Å². The Hall–Kier alpha value is -0.470. The van der Waals surface area contributed by atoms with Crippen LogP contribution in [0.2, 0.25) is 0 Å². The number of rotatable bonds is 0. The van der Waals surface area contributed by atoms with Crippen molar-refractivity contribution in [3.8, 4) is 0 Å². The summed E-state index contributed by atoms with van der Waals surface area (Å²) < 4.78 is 0. The second kappa shape index (κ2) is 2.64. The first-order valence-electron chi connectivity index (χ1n) is 3.52. The van der Waals surface area contributed by atoms with Crippen molar-refractivity contribution in [3.05, 3.63) is 24.3 Å². The maximum Gasteiger partial charge on any atom is 0.143 e. The zero-order chi connectivity index (χ0) is 6.81. The van der Waals surface area contributed by atoms with Crippen molar-refractivity contribution in [1.82, 2.24) is 0 Å². The lowest BCUT2D eigenvalue weighted by Gasteiger charge is -2.11. The highest BCUT2D eigenvalue weighted by Gasteiger charge is 2.10. The van der Waals surface area contributed by atoms with E-state index in [1.165, 1.54) is 22.9 Å². The van der Waals surface area contributed by atoms with Gasteiger partial charge in [0.15, 0.2) is 0 Å². The first kappa shape index (κ1) is 6.25. The van der Waals surface area contributed by atoms with Crippen LogP contribution in [0.4, 0.5) is 5.69 Å². The van der Waals surface area contributed by atoms with Gasteiger partial charge in [-0.15, -0.1) is 11.8 Å². The van der Waals surface area contributed by atoms with Crippen molar-refractivity contribution in [1.29, 1.82) is 0 Å². The molecule has 0 atom stereocenters. The summed E-state index contributed by atoms with van der Waals surface area (Å²) in [5, 5.41) is 2.31. The maximum absolute atomic E-state index is 2.31. The Labute approximate surface area is 64.8 Å². The largest absolute Gasteiger partial charge is 0.312 e. The van der Waals surface area contributed by atoms with E-state index in [1.807, 2.05) is 11.8 Å². The Bertz CT molecular complexity index is 209. The number of fused-ring (bicyclic) bond motifs is 1. The molecule has 1 aromatic rings. The molecule has 0 spiro atoms. The first-order chi connectivity index (χ1) is 4.97. The molecular formula is C8H10NS+. The molecule has 0 unspecified atom stereocenters. The Morgan fingerprint density at radius 1 is 1.30 bits per heavy atom. The standard InChI is InChI=1S/C8H9NS/c1-2-4-8-7(3-1)9-5-6-10-8/h1-4,9H,5-6H2/p+1. The van der Waals surface area contributed by atoms with Crippen molar-refractivity contribution >= 4 is 17.4 Å². The minimum atomic E-state index is 1.22. The molecule has 1 aromatic carbocycles. The van der Waals surface area contributed by atoms with Gasteiger partial charge in [-0.2, -0.15) is 0 Å². The highest BCUT2D eigenvalue weighted by atomic mass is 32.2. The summed E-state index contributed by atoms with van der Waals surface area (Å²) in [6.07, 6.45) is 0. The van der Waals surface area contributed by atoms with Crippen molar-refractivity contribution < 1.29 is 5.32 Å². The van der Waals surface area contributed by atoms with Crippen LogP contribution in [-0.4, -0.2) is 12.3 Å². The van der Waals surface area contributed by atoms with Gasteiger partial charge in [-0.1, -0.05) is 12.1 Å². The van der Waals surface area contributed by atoms with Gasteiger partial charge in [0.05, 0.1) is 11.4 Å². The Balaban J connectivity index is 2.41. The maximum atomic E-state index is 2.31. The van der Waals surface area contributed by atoms with Gasteiger partial charge in [-0.25, -0.2) is 0 Å². The average Bonchev–Trinajstić information content (AvgIpc) is 2.05. The summed E-state index contributed by atoms with van der Waals surface area (Å²) in [5.41, 5.74) is 1.42. The van der Waals surface area contributed by atoms with E-state index < -0.39 is 0 Å². The van der Waals surface area contributed by atoms with Crippen molar-refractivity contribution in [2.75, 3.05) is 12.3 Å². The van der Waals surface area contributed by atoms with Gasteiger partial charge in [0.1, 0.15) is 5.69 Å². The molecule has 10 heavy (non-hydrogen) atoms.